The largest absolute Gasteiger partial charge is 0.478 e. The maximum Gasteiger partial charge on any atom is 0.332 e. The van der Waals surface area contributed by atoms with Crippen LogP contribution in [0.4, 0.5) is 5.69 Å². The zero-order valence-electron chi connectivity index (χ0n) is 10.7. The van der Waals surface area contributed by atoms with Gasteiger partial charge in [-0.3, -0.25) is 14.5 Å². The molecule has 2 rings (SSSR count). The number of fused-ring (bicyclic) bond motifs is 1. The van der Waals surface area contributed by atoms with E-state index in [2.05, 4.69) is 6.58 Å². The van der Waals surface area contributed by atoms with E-state index in [4.69, 9.17) is 5.11 Å². The highest BCUT2D eigenvalue weighted by Gasteiger charge is 2.38. The fraction of sp³-hybridized carbons (Fsp3) is 0.214. The van der Waals surface area contributed by atoms with E-state index in [1.54, 1.807) is 26.0 Å². The summed E-state index contributed by atoms with van der Waals surface area (Å²) in [6.45, 7) is 6.74. The molecule has 0 aliphatic carbocycles. The Morgan fingerprint density at radius 3 is 2.42 bits per heavy atom. The molecule has 0 aromatic heterocycles. The second kappa shape index (κ2) is 4.35. The fourth-order valence-electron chi connectivity index (χ4n) is 2.17. The van der Waals surface area contributed by atoms with Crippen molar-refractivity contribution in [2.24, 2.45) is 0 Å². The van der Waals surface area contributed by atoms with Crippen LogP contribution in [0.3, 0.4) is 0 Å². The number of anilines is 1. The first-order valence-corrected chi connectivity index (χ1v) is 5.72. The molecule has 19 heavy (non-hydrogen) atoms. The Morgan fingerprint density at radius 1 is 1.26 bits per heavy atom. The molecule has 1 aliphatic heterocycles. The molecule has 1 aliphatic rings. The predicted molar refractivity (Wildman–Crippen MR) is 69.4 cm³/mol. The van der Waals surface area contributed by atoms with E-state index < -0.39 is 17.7 Å². The molecule has 0 fully saturated rings. The number of amides is 1. The molecular formula is C14H13NO4. The quantitative estimate of drug-likeness (QED) is 0.659. The molecule has 0 saturated carbocycles. The monoisotopic (exact) mass is 259 g/mol. The Bertz CT molecular complexity index is 631. The number of carboxylic acid groups (broad SMARTS) is 1. The fourth-order valence-corrected chi connectivity index (χ4v) is 2.17. The Kier molecular flexibility index (Phi) is 2.98. The van der Waals surface area contributed by atoms with Crippen LogP contribution in [0.1, 0.15) is 21.5 Å². The van der Waals surface area contributed by atoms with E-state index in [-0.39, 0.29) is 12.1 Å². The highest BCUT2D eigenvalue weighted by Crippen LogP contribution is 2.34. The van der Waals surface area contributed by atoms with E-state index in [1.807, 2.05) is 0 Å². The minimum Gasteiger partial charge on any atom is -0.478 e. The normalized spacial score (nSPS) is 13.7. The van der Waals surface area contributed by atoms with Crippen LogP contribution in [-0.4, -0.2) is 29.3 Å². The number of nitrogens with zero attached hydrogens (tertiary/aromatic N) is 1. The minimum atomic E-state index is -1.18. The van der Waals surface area contributed by atoms with Crippen LogP contribution in [0.2, 0.25) is 0 Å². The molecule has 1 N–H and O–H groups in total. The Hall–Kier alpha value is -2.43. The molecule has 1 aromatic carbocycles. The number of ketones is 1. The smallest absolute Gasteiger partial charge is 0.332 e. The van der Waals surface area contributed by atoms with Gasteiger partial charge in [-0.1, -0.05) is 18.7 Å². The summed E-state index contributed by atoms with van der Waals surface area (Å²) in [6, 6.07) is 3.57. The van der Waals surface area contributed by atoms with E-state index in [1.165, 1.54) is 4.90 Å². The number of rotatable bonds is 3. The summed E-state index contributed by atoms with van der Waals surface area (Å²) in [7, 11) is 0. The molecule has 98 valence electrons. The molecule has 1 aromatic rings. The zero-order valence-corrected chi connectivity index (χ0v) is 10.7. The van der Waals surface area contributed by atoms with Crippen LogP contribution in [0.25, 0.3) is 0 Å². The standard InChI is InChI=1S/C14H13NO4/c1-7-4-5-8(2)11-10(7)12(16)13(17)15(11)6-9(3)14(18)19/h4-5H,3,6H2,1-2H3,(H,18,19). The summed E-state index contributed by atoms with van der Waals surface area (Å²) in [4.78, 5) is 35.9. The number of aliphatic carboxylic acids is 1. The predicted octanol–water partition coefficient (Wildman–Crippen LogP) is 1.47. The number of Topliss-reactive ketones (excluding diaryl/α,β-unsaturated/α-hetero) is 1. The van der Waals surface area contributed by atoms with Gasteiger partial charge in [-0.05, 0) is 25.0 Å². The molecule has 0 atom stereocenters. The number of carboxylic acids is 1. The first-order valence-electron chi connectivity index (χ1n) is 5.72. The maximum atomic E-state index is 12.0. The molecule has 5 heteroatoms. The van der Waals surface area contributed by atoms with Crippen LogP contribution in [0.5, 0.6) is 0 Å². The molecule has 0 unspecified atom stereocenters. The van der Waals surface area contributed by atoms with Crippen molar-refractivity contribution in [2.75, 3.05) is 11.4 Å². The lowest BCUT2D eigenvalue weighted by molar-refractivity contribution is -0.132. The van der Waals surface area contributed by atoms with Crippen molar-refractivity contribution < 1.29 is 19.5 Å². The topological polar surface area (TPSA) is 74.7 Å². The molecule has 0 saturated heterocycles. The zero-order chi connectivity index (χ0) is 14.3. The van der Waals surface area contributed by atoms with Crippen LogP contribution in [-0.2, 0) is 9.59 Å². The maximum absolute atomic E-state index is 12.0. The Balaban J connectivity index is 2.53. The Morgan fingerprint density at radius 2 is 1.84 bits per heavy atom. The molecular weight excluding hydrogens is 246 g/mol. The highest BCUT2D eigenvalue weighted by molar-refractivity contribution is 6.52. The molecule has 0 radical (unpaired) electrons. The van der Waals surface area contributed by atoms with Crippen molar-refractivity contribution in [3.63, 3.8) is 0 Å². The van der Waals surface area contributed by atoms with Gasteiger partial charge in [0.05, 0.1) is 17.8 Å². The number of benzene rings is 1. The second-order valence-corrected chi connectivity index (χ2v) is 4.55. The van der Waals surface area contributed by atoms with E-state index in [9.17, 15) is 14.4 Å². The van der Waals surface area contributed by atoms with Gasteiger partial charge in [-0.25, -0.2) is 4.79 Å². The van der Waals surface area contributed by atoms with Crippen LogP contribution in [0.15, 0.2) is 24.3 Å². The van der Waals surface area contributed by atoms with Crippen molar-refractivity contribution in [2.45, 2.75) is 13.8 Å². The van der Waals surface area contributed by atoms with Gasteiger partial charge in [0.1, 0.15) is 0 Å². The van der Waals surface area contributed by atoms with Gasteiger partial charge in [0.25, 0.3) is 11.7 Å². The van der Waals surface area contributed by atoms with Crippen molar-refractivity contribution in [1.29, 1.82) is 0 Å². The highest BCUT2D eigenvalue weighted by atomic mass is 16.4. The third-order valence-corrected chi connectivity index (χ3v) is 3.18. The first kappa shape index (κ1) is 13.0. The lowest BCUT2D eigenvalue weighted by Gasteiger charge is -2.18. The summed E-state index contributed by atoms with van der Waals surface area (Å²) in [5.41, 5.74) is 2.20. The molecule has 1 heterocycles. The average molecular weight is 259 g/mol. The van der Waals surface area contributed by atoms with Crippen LogP contribution < -0.4 is 4.90 Å². The van der Waals surface area contributed by atoms with Crippen molar-refractivity contribution in [1.82, 2.24) is 0 Å². The third kappa shape index (κ3) is 1.93. The summed E-state index contributed by atoms with van der Waals surface area (Å²) < 4.78 is 0. The van der Waals surface area contributed by atoms with Crippen molar-refractivity contribution >= 4 is 23.3 Å². The van der Waals surface area contributed by atoms with Crippen LogP contribution >= 0.6 is 0 Å². The van der Waals surface area contributed by atoms with Gasteiger partial charge in [0.2, 0.25) is 0 Å². The van der Waals surface area contributed by atoms with Gasteiger partial charge in [-0.15, -0.1) is 0 Å². The van der Waals surface area contributed by atoms with Gasteiger partial charge < -0.3 is 5.11 Å². The molecule has 0 bridgehead atoms. The number of carbonyl (C=O) groups excluding carboxylic acids is 2. The summed E-state index contributed by atoms with van der Waals surface area (Å²) in [6.07, 6.45) is 0. The van der Waals surface area contributed by atoms with E-state index in [0.717, 1.165) is 5.56 Å². The van der Waals surface area contributed by atoms with Crippen molar-refractivity contribution in [3.8, 4) is 0 Å². The van der Waals surface area contributed by atoms with E-state index in [0.29, 0.717) is 16.8 Å². The number of hydrogen-bond donors (Lipinski definition) is 1. The van der Waals surface area contributed by atoms with Crippen LogP contribution in [0, 0.1) is 13.8 Å². The second-order valence-electron chi connectivity index (χ2n) is 4.55. The summed E-state index contributed by atoms with van der Waals surface area (Å²) in [5, 5.41) is 8.84. The van der Waals surface area contributed by atoms with E-state index >= 15 is 0 Å². The number of carbonyl (C=O) groups is 3. The summed E-state index contributed by atoms with van der Waals surface area (Å²) >= 11 is 0. The van der Waals surface area contributed by atoms with Gasteiger partial charge in [0.15, 0.2) is 0 Å². The number of aryl methyl sites for hydroxylation is 2. The SMILES string of the molecule is C=C(CN1C(=O)C(=O)c2c(C)ccc(C)c21)C(=O)O. The lowest BCUT2D eigenvalue weighted by Crippen LogP contribution is -2.33. The van der Waals surface area contributed by atoms with Gasteiger partial charge >= 0.3 is 5.97 Å². The average Bonchev–Trinajstić information content (AvgIpc) is 2.60. The Labute approximate surface area is 110 Å². The van der Waals surface area contributed by atoms with Crippen molar-refractivity contribution in [3.05, 3.63) is 41.0 Å². The van der Waals surface area contributed by atoms with Gasteiger partial charge in [-0.2, -0.15) is 0 Å². The lowest BCUT2D eigenvalue weighted by atomic mass is 10.0. The van der Waals surface area contributed by atoms with Gasteiger partial charge in [0, 0.05) is 5.57 Å². The number of hydrogen-bond acceptors (Lipinski definition) is 3. The third-order valence-electron chi connectivity index (χ3n) is 3.18. The molecule has 5 nitrogen and oxygen atoms in total. The minimum absolute atomic E-state index is 0.130. The summed E-state index contributed by atoms with van der Waals surface area (Å²) in [5.74, 6) is -2.47. The first-order chi connectivity index (χ1) is 8.84. The molecule has 0 spiro atoms. The molecule has 1 amide bonds.